The maximum atomic E-state index is 13.8. The summed E-state index contributed by atoms with van der Waals surface area (Å²) in [5, 5.41) is 3.29. The third-order valence-electron chi connectivity index (χ3n) is 4.80. The van der Waals surface area contributed by atoms with Crippen LogP contribution in [0.3, 0.4) is 0 Å². The minimum absolute atomic E-state index is 0.00981. The fraction of sp³-hybridized carbons (Fsp3) is 0.391. The number of nitrogens with one attached hydrogen (secondary N) is 1. The molecule has 1 atom stereocenters. The van der Waals surface area contributed by atoms with E-state index in [1.807, 2.05) is 0 Å². The highest BCUT2D eigenvalue weighted by Gasteiger charge is 2.31. The quantitative estimate of drug-likeness (QED) is 0.580. The molecule has 2 aromatic rings. The second-order valence-corrected chi connectivity index (χ2v) is 11.3. The first-order valence-corrected chi connectivity index (χ1v) is 12.6. The van der Waals surface area contributed by atoms with Crippen LogP contribution in [0.4, 0.5) is 14.5 Å². The highest BCUT2D eigenvalue weighted by molar-refractivity contribution is 7.92. The molecule has 2 amide bonds. The van der Waals surface area contributed by atoms with Crippen molar-refractivity contribution in [2.24, 2.45) is 0 Å². The average molecular weight is 516 g/mol. The van der Waals surface area contributed by atoms with Crippen LogP contribution in [0.5, 0.6) is 0 Å². The second kappa shape index (κ2) is 10.7. The van der Waals surface area contributed by atoms with Gasteiger partial charge in [0.1, 0.15) is 12.6 Å². The van der Waals surface area contributed by atoms with E-state index in [4.69, 9.17) is 11.6 Å². The van der Waals surface area contributed by atoms with Crippen molar-refractivity contribution >= 4 is 39.1 Å². The van der Waals surface area contributed by atoms with Gasteiger partial charge in [0.15, 0.2) is 11.6 Å². The summed E-state index contributed by atoms with van der Waals surface area (Å²) in [6, 6.07) is 8.19. The molecule has 0 aromatic heterocycles. The fourth-order valence-corrected chi connectivity index (χ4v) is 4.06. The van der Waals surface area contributed by atoms with E-state index in [9.17, 15) is 26.8 Å². The molecule has 0 aliphatic carbocycles. The largest absolute Gasteiger partial charge is 0.350 e. The molecule has 0 fully saturated rings. The summed E-state index contributed by atoms with van der Waals surface area (Å²) < 4.78 is 52.7. The first-order chi connectivity index (χ1) is 15.6. The number of anilines is 1. The van der Waals surface area contributed by atoms with Crippen LogP contribution in [0.15, 0.2) is 42.5 Å². The highest BCUT2D eigenvalue weighted by atomic mass is 35.5. The summed E-state index contributed by atoms with van der Waals surface area (Å²) in [7, 11) is -4.05. The zero-order chi connectivity index (χ0) is 25.8. The topological polar surface area (TPSA) is 86.8 Å². The van der Waals surface area contributed by atoms with Crippen molar-refractivity contribution in [2.75, 3.05) is 17.1 Å². The number of nitrogens with zero attached hydrogens (tertiary/aromatic N) is 2. The summed E-state index contributed by atoms with van der Waals surface area (Å²) in [6.07, 6.45) is 0.848. The summed E-state index contributed by atoms with van der Waals surface area (Å²) >= 11 is 5.93. The Balaban J connectivity index is 2.41. The van der Waals surface area contributed by atoms with Crippen LogP contribution in [0, 0.1) is 11.6 Å². The van der Waals surface area contributed by atoms with E-state index < -0.39 is 51.6 Å². The Morgan fingerprint density at radius 3 is 2.15 bits per heavy atom. The molecule has 0 heterocycles. The zero-order valence-corrected chi connectivity index (χ0v) is 21.2. The highest BCUT2D eigenvalue weighted by Crippen LogP contribution is 2.22. The monoisotopic (exact) mass is 515 g/mol. The maximum absolute atomic E-state index is 13.8. The van der Waals surface area contributed by atoms with Gasteiger partial charge in [0.25, 0.3) is 0 Å². The minimum atomic E-state index is -4.05. The molecule has 1 N–H and O–H groups in total. The molecule has 11 heteroatoms. The van der Waals surface area contributed by atoms with Crippen molar-refractivity contribution in [1.29, 1.82) is 0 Å². The summed E-state index contributed by atoms with van der Waals surface area (Å²) in [5.41, 5.74) is -0.120. The second-order valence-electron chi connectivity index (χ2n) is 8.93. The van der Waals surface area contributed by atoms with E-state index in [1.165, 1.54) is 11.8 Å². The Kier molecular flexibility index (Phi) is 8.65. The predicted molar refractivity (Wildman–Crippen MR) is 128 cm³/mol. The minimum Gasteiger partial charge on any atom is -0.350 e. The normalized spacial score (nSPS) is 12.7. The number of hydrogen-bond donors (Lipinski definition) is 1. The number of benzene rings is 2. The molecule has 0 radical (unpaired) electrons. The van der Waals surface area contributed by atoms with Crippen LogP contribution in [0.25, 0.3) is 0 Å². The van der Waals surface area contributed by atoms with Gasteiger partial charge in [0, 0.05) is 23.2 Å². The van der Waals surface area contributed by atoms with Crippen LogP contribution < -0.4 is 9.62 Å². The van der Waals surface area contributed by atoms with Crippen LogP contribution in [0.1, 0.15) is 33.3 Å². The molecule has 186 valence electrons. The van der Waals surface area contributed by atoms with Crippen molar-refractivity contribution in [2.45, 2.75) is 45.8 Å². The SMILES string of the molecule is C[C@H](C(=O)NC(C)(C)C)N(Cc1ccc(Cl)cc1)C(=O)CN(c1ccc(F)c(F)c1)S(C)(=O)=O. The van der Waals surface area contributed by atoms with E-state index in [0.717, 1.165) is 18.4 Å². The fourth-order valence-electron chi connectivity index (χ4n) is 3.10. The van der Waals surface area contributed by atoms with Crippen molar-refractivity contribution in [1.82, 2.24) is 10.2 Å². The number of hydrogen-bond acceptors (Lipinski definition) is 4. The summed E-state index contributed by atoms with van der Waals surface area (Å²) in [4.78, 5) is 27.4. The Labute approximate surface area is 203 Å². The molecule has 2 rings (SSSR count). The van der Waals surface area contributed by atoms with Gasteiger partial charge in [-0.15, -0.1) is 0 Å². The number of carbonyl (C=O) groups excluding carboxylic acids is 2. The molecule has 0 unspecified atom stereocenters. The molecule has 0 spiro atoms. The third kappa shape index (κ3) is 7.66. The molecule has 0 bridgehead atoms. The first kappa shape index (κ1) is 27.5. The Bertz CT molecular complexity index is 1150. The van der Waals surface area contributed by atoms with Gasteiger partial charge in [0.05, 0.1) is 11.9 Å². The van der Waals surface area contributed by atoms with Gasteiger partial charge in [-0.1, -0.05) is 23.7 Å². The standard InChI is InChI=1S/C23H28ClF2N3O4S/c1-15(22(31)27-23(2,3)4)28(13-16-6-8-17(24)9-7-16)21(30)14-29(34(5,32)33)18-10-11-19(25)20(26)12-18/h6-12,15H,13-14H2,1-5H3,(H,27,31)/t15-/m1/s1. The van der Waals surface area contributed by atoms with Crippen molar-refractivity contribution in [3.05, 3.63) is 64.7 Å². The molecular weight excluding hydrogens is 488 g/mol. The number of rotatable bonds is 8. The van der Waals surface area contributed by atoms with Crippen LogP contribution in [-0.2, 0) is 26.2 Å². The third-order valence-corrected chi connectivity index (χ3v) is 6.19. The molecule has 0 saturated heterocycles. The number of amides is 2. The first-order valence-electron chi connectivity index (χ1n) is 10.4. The molecule has 7 nitrogen and oxygen atoms in total. The van der Waals surface area contributed by atoms with Crippen LogP contribution >= 0.6 is 11.6 Å². The van der Waals surface area contributed by atoms with Gasteiger partial charge >= 0.3 is 0 Å². The van der Waals surface area contributed by atoms with E-state index in [-0.39, 0.29) is 12.2 Å². The lowest BCUT2D eigenvalue weighted by molar-refractivity contribution is -0.140. The lowest BCUT2D eigenvalue weighted by atomic mass is 10.1. The van der Waals surface area contributed by atoms with E-state index in [2.05, 4.69) is 5.32 Å². The van der Waals surface area contributed by atoms with Gasteiger partial charge < -0.3 is 10.2 Å². The molecular formula is C23H28ClF2N3O4S. The number of carbonyl (C=O) groups is 2. The summed E-state index contributed by atoms with van der Waals surface area (Å²) in [5.74, 6) is -3.55. The van der Waals surface area contributed by atoms with Gasteiger partial charge in [0.2, 0.25) is 21.8 Å². The Morgan fingerprint density at radius 2 is 1.65 bits per heavy atom. The van der Waals surface area contributed by atoms with Gasteiger partial charge in [-0.2, -0.15) is 0 Å². The van der Waals surface area contributed by atoms with Crippen LogP contribution in [0.2, 0.25) is 5.02 Å². The van der Waals surface area contributed by atoms with E-state index in [0.29, 0.717) is 21.0 Å². The lowest BCUT2D eigenvalue weighted by Gasteiger charge is -2.33. The number of sulfonamides is 1. The van der Waals surface area contributed by atoms with Crippen molar-refractivity contribution < 1.29 is 26.8 Å². The van der Waals surface area contributed by atoms with Crippen molar-refractivity contribution in [3.63, 3.8) is 0 Å². The molecule has 0 aliphatic heterocycles. The molecule has 0 saturated carbocycles. The Hall–Kier alpha value is -2.72. The van der Waals surface area contributed by atoms with Crippen molar-refractivity contribution in [3.8, 4) is 0 Å². The van der Waals surface area contributed by atoms with E-state index >= 15 is 0 Å². The molecule has 34 heavy (non-hydrogen) atoms. The van der Waals surface area contributed by atoms with E-state index in [1.54, 1.807) is 45.0 Å². The Morgan fingerprint density at radius 1 is 1.06 bits per heavy atom. The number of halogens is 3. The van der Waals surface area contributed by atoms with Gasteiger partial charge in [-0.3, -0.25) is 13.9 Å². The maximum Gasteiger partial charge on any atom is 0.244 e. The average Bonchev–Trinajstić information content (AvgIpc) is 2.71. The summed E-state index contributed by atoms with van der Waals surface area (Å²) in [6.45, 7) is 6.17. The smallest absolute Gasteiger partial charge is 0.244 e. The molecule has 2 aromatic carbocycles. The predicted octanol–water partition coefficient (Wildman–Crippen LogP) is 3.72. The molecule has 0 aliphatic rings. The van der Waals surface area contributed by atoms with Crippen LogP contribution in [-0.4, -0.2) is 49.5 Å². The van der Waals surface area contributed by atoms with Gasteiger partial charge in [-0.05, 0) is 57.5 Å². The zero-order valence-electron chi connectivity index (χ0n) is 19.6. The lowest BCUT2D eigenvalue weighted by Crippen LogP contribution is -2.54. The van der Waals surface area contributed by atoms with Gasteiger partial charge in [-0.25, -0.2) is 17.2 Å².